The van der Waals surface area contributed by atoms with Crippen molar-refractivity contribution in [3.63, 3.8) is 0 Å². The van der Waals surface area contributed by atoms with Crippen LogP contribution in [0.4, 0.5) is 16.2 Å². The molecule has 1 spiro atoms. The molecule has 1 unspecified atom stereocenters. The summed E-state index contributed by atoms with van der Waals surface area (Å²) in [6.45, 7) is 2.36. The maximum Gasteiger partial charge on any atom is 0.325 e. The van der Waals surface area contributed by atoms with E-state index in [4.69, 9.17) is 0 Å². The standard InChI is InChI=1S/C24H28N4O3/c1-17(28-22(30)24(26-23(28)31)14-6-7-15-24)21(29)25-19-10-12-20(13-11-19)27(2)16-18-8-4-3-5-9-18/h3-5,8-13,17H,6-7,14-16H2,1-2H3,(H,25,29)(H,26,31). The zero-order valence-corrected chi connectivity index (χ0v) is 17.9. The summed E-state index contributed by atoms with van der Waals surface area (Å²) >= 11 is 0. The average Bonchev–Trinajstić information content (AvgIpc) is 3.33. The van der Waals surface area contributed by atoms with Crippen molar-refractivity contribution < 1.29 is 14.4 Å². The fourth-order valence-corrected chi connectivity index (χ4v) is 4.42. The first-order valence-corrected chi connectivity index (χ1v) is 10.7. The van der Waals surface area contributed by atoms with Gasteiger partial charge in [0.2, 0.25) is 5.91 Å². The minimum absolute atomic E-state index is 0.282. The number of carbonyl (C=O) groups is 3. The predicted molar refractivity (Wildman–Crippen MR) is 120 cm³/mol. The maximum atomic E-state index is 12.9. The lowest BCUT2D eigenvalue weighted by Crippen LogP contribution is -2.48. The van der Waals surface area contributed by atoms with Crippen molar-refractivity contribution in [1.29, 1.82) is 0 Å². The molecule has 1 aliphatic heterocycles. The summed E-state index contributed by atoms with van der Waals surface area (Å²) < 4.78 is 0. The van der Waals surface area contributed by atoms with Crippen LogP contribution in [0.3, 0.4) is 0 Å². The molecule has 0 aromatic heterocycles. The first-order valence-electron chi connectivity index (χ1n) is 10.7. The van der Waals surface area contributed by atoms with Crippen LogP contribution >= 0.6 is 0 Å². The Morgan fingerprint density at radius 2 is 1.74 bits per heavy atom. The Morgan fingerprint density at radius 3 is 2.39 bits per heavy atom. The Hall–Kier alpha value is -3.35. The first kappa shape index (κ1) is 20.9. The summed E-state index contributed by atoms with van der Waals surface area (Å²) in [4.78, 5) is 41.2. The molecule has 2 aliphatic rings. The van der Waals surface area contributed by atoms with E-state index in [2.05, 4.69) is 27.7 Å². The minimum Gasteiger partial charge on any atom is -0.370 e. The largest absolute Gasteiger partial charge is 0.370 e. The Morgan fingerprint density at radius 1 is 1.10 bits per heavy atom. The topological polar surface area (TPSA) is 81.8 Å². The summed E-state index contributed by atoms with van der Waals surface area (Å²) in [5.41, 5.74) is 2.05. The van der Waals surface area contributed by atoms with Crippen molar-refractivity contribution in [2.45, 2.75) is 50.7 Å². The predicted octanol–water partition coefficient (Wildman–Crippen LogP) is 3.51. The molecule has 1 aliphatic carbocycles. The molecule has 31 heavy (non-hydrogen) atoms. The van der Waals surface area contributed by atoms with Gasteiger partial charge in [-0.2, -0.15) is 0 Å². The minimum atomic E-state index is -0.882. The summed E-state index contributed by atoms with van der Waals surface area (Å²) in [6, 6.07) is 16.4. The molecule has 1 saturated heterocycles. The molecule has 1 saturated carbocycles. The van der Waals surface area contributed by atoms with Crippen LogP contribution < -0.4 is 15.5 Å². The molecule has 4 rings (SSSR count). The smallest absolute Gasteiger partial charge is 0.325 e. The average molecular weight is 421 g/mol. The third-order valence-electron chi connectivity index (χ3n) is 6.26. The van der Waals surface area contributed by atoms with Crippen LogP contribution in [0.15, 0.2) is 54.6 Å². The van der Waals surface area contributed by atoms with Gasteiger partial charge in [0.15, 0.2) is 0 Å². The Bertz CT molecular complexity index is 968. The zero-order chi connectivity index (χ0) is 22.0. The molecule has 2 N–H and O–H groups in total. The molecule has 7 nitrogen and oxygen atoms in total. The van der Waals surface area contributed by atoms with Crippen molar-refractivity contribution in [2.24, 2.45) is 0 Å². The van der Waals surface area contributed by atoms with Gasteiger partial charge in [-0.15, -0.1) is 0 Å². The van der Waals surface area contributed by atoms with Crippen LogP contribution in [0.5, 0.6) is 0 Å². The van der Waals surface area contributed by atoms with Gasteiger partial charge >= 0.3 is 6.03 Å². The number of urea groups is 1. The molecule has 1 atom stereocenters. The zero-order valence-electron chi connectivity index (χ0n) is 17.9. The van der Waals surface area contributed by atoms with E-state index in [1.807, 2.05) is 49.5 Å². The van der Waals surface area contributed by atoms with Crippen LogP contribution in [0.2, 0.25) is 0 Å². The van der Waals surface area contributed by atoms with Crippen molar-refractivity contribution in [1.82, 2.24) is 10.2 Å². The van der Waals surface area contributed by atoms with Gasteiger partial charge in [0, 0.05) is 25.0 Å². The number of rotatable bonds is 6. The molecule has 1 heterocycles. The van der Waals surface area contributed by atoms with Crippen molar-refractivity contribution >= 4 is 29.2 Å². The monoisotopic (exact) mass is 420 g/mol. The van der Waals surface area contributed by atoms with E-state index in [1.165, 1.54) is 5.56 Å². The third kappa shape index (κ3) is 4.13. The molecule has 162 valence electrons. The molecule has 4 amide bonds. The van der Waals surface area contributed by atoms with Crippen LogP contribution in [-0.2, 0) is 16.1 Å². The molecule has 7 heteroatoms. The highest BCUT2D eigenvalue weighted by atomic mass is 16.2. The quantitative estimate of drug-likeness (QED) is 0.701. The highest BCUT2D eigenvalue weighted by Gasteiger charge is 2.54. The van der Waals surface area contributed by atoms with E-state index in [9.17, 15) is 14.4 Å². The fourth-order valence-electron chi connectivity index (χ4n) is 4.42. The van der Waals surface area contributed by atoms with Crippen LogP contribution in [0.25, 0.3) is 0 Å². The summed E-state index contributed by atoms with van der Waals surface area (Å²) in [5.74, 6) is -0.667. The molecular formula is C24H28N4O3. The van der Waals surface area contributed by atoms with E-state index in [-0.39, 0.29) is 11.8 Å². The molecule has 2 aromatic rings. The third-order valence-corrected chi connectivity index (χ3v) is 6.26. The number of carbonyl (C=O) groups excluding carboxylic acids is 3. The number of hydrogen-bond donors (Lipinski definition) is 2. The normalized spacial score (nSPS) is 18.2. The van der Waals surface area contributed by atoms with E-state index < -0.39 is 17.6 Å². The first-order chi connectivity index (χ1) is 14.9. The van der Waals surface area contributed by atoms with E-state index in [1.54, 1.807) is 6.92 Å². The van der Waals surface area contributed by atoms with Crippen molar-refractivity contribution in [3.05, 3.63) is 60.2 Å². The SMILES string of the molecule is CC(C(=O)Nc1ccc(N(C)Cc2ccccc2)cc1)N1C(=O)NC2(CCCC2)C1=O. The van der Waals surface area contributed by atoms with Crippen LogP contribution in [0, 0.1) is 0 Å². The Kier molecular flexibility index (Phi) is 5.67. The summed E-state index contributed by atoms with van der Waals surface area (Å²) in [6.07, 6.45) is 3.09. The van der Waals surface area contributed by atoms with Gasteiger partial charge in [-0.3, -0.25) is 9.59 Å². The number of nitrogens with one attached hydrogen (secondary N) is 2. The maximum absolute atomic E-state index is 12.9. The van der Waals surface area contributed by atoms with Gasteiger partial charge in [-0.1, -0.05) is 43.2 Å². The second kappa shape index (κ2) is 8.41. The second-order valence-electron chi connectivity index (χ2n) is 8.45. The summed E-state index contributed by atoms with van der Waals surface area (Å²) in [7, 11) is 2.01. The number of nitrogens with zero attached hydrogens (tertiary/aromatic N) is 2. The lowest BCUT2D eigenvalue weighted by atomic mass is 9.97. The number of anilines is 2. The van der Waals surface area contributed by atoms with Gasteiger partial charge in [0.05, 0.1) is 0 Å². The van der Waals surface area contributed by atoms with Gasteiger partial charge in [0.25, 0.3) is 5.91 Å². The highest BCUT2D eigenvalue weighted by Crippen LogP contribution is 2.35. The van der Waals surface area contributed by atoms with Crippen LogP contribution in [-0.4, -0.2) is 41.4 Å². The lowest BCUT2D eigenvalue weighted by Gasteiger charge is -2.24. The van der Waals surface area contributed by atoms with Crippen LogP contribution in [0.1, 0.15) is 38.2 Å². The fraction of sp³-hybridized carbons (Fsp3) is 0.375. The second-order valence-corrected chi connectivity index (χ2v) is 8.45. The van der Waals surface area contributed by atoms with Gasteiger partial charge < -0.3 is 15.5 Å². The Labute approximate surface area is 182 Å². The number of amides is 4. The van der Waals surface area contributed by atoms with Gasteiger partial charge in [0.1, 0.15) is 11.6 Å². The molecular weight excluding hydrogens is 392 g/mol. The van der Waals surface area contributed by atoms with E-state index >= 15 is 0 Å². The number of benzene rings is 2. The molecule has 2 fully saturated rings. The molecule has 2 aromatic carbocycles. The van der Waals surface area contributed by atoms with Crippen molar-refractivity contribution in [3.8, 4) is 0 Å². The molecule has 0 radical (unpaired) electrons. The molecule has 0 bridgehead atoms. The Balaban J connectivity index is 1.38. The van der Waals surface area contributed by atoms with Gasteiger partial charge in [-0.05, 0) is 49.6 Å². The lowest BCUT2D eigenvalue weighted by molar-refractivity contribution is -0.136. The number of hydrogen-bond acceptors (Lipinski definition) is 4. The van der Waals surface area contributed by atoms with Crippen molar-refractivity contribution in [2.75, 3.05) is 17.3 Å². The summed E-state index contributed by atoms with van der Waals surface area (Å²) in [5, 5.41) is 5.64. The van der Waals surface area contributed by atoms with Gasteiger partial charge in [-0.25, -0.2) is 9.69 Å². The van der Waals surface area contributed by atoms with E-state index in [0.717, 1.165) is 30.0 Å². The van der Waals surface area contributed by atoms with E-state index in [0.29, 0.717) is 18.5 Å². The number of imide groups is 1. The highest BCUT2D eigenvalue weighted by molar-refractivity contribution is 6.11.